The zero-order valence-corrected chi connectivity index (χ0v) is 12.6. The Morgan fingerprint density at radius 1 is 1.04 bits per heavy atom. The van der Waals surface area contributed by atoms with E-state index in [1.165, 1.54) is 30.3 Å². The van der Waals surface area contributed by atoms with Crippen molar-refractivity contribution in [3.05, 3.63) is 69.7 Å². The minimum atomic E-state index is -1.55. The zero-order valence-electron chi connectivity index (χ0n) is 11.9. The summed E-state index contributed by atoms with van der Waals surface area (Å²) in [5.74, 6) is -1.77. The van der Waals surface area contributed by atoms with E-state index in [-0.39, 0.29) is 22.7 Å². The molecule has 0 aliphatic rings. The van der Waals surface area contributed by atoms with Crippen molar-refractivity contribution in [1.82, 2.24) is 5.32 Å². The lowest BCUT2D eigenvalue weighted by Gasteiger charge is -2.09. The van der Waals surface area contributed by atoms with Gasteiger partial charge in [-0.15, -0.1) is 0 Å². The van der Waals surface area contributed by atoms with Crippen molar-refractivity contribution in [2.24, 2.45) is 0 Å². The number of carboxylic acid groups (broad SMARTS) is 1. The quantitative estimate of drug-likeness (QED) is 0.625. The van der Waals surface area contributed by atoms with Gasteiger partial charge in [0.05, 0.1) is 11.1 Å². The van der Waals surface area contributed by atoms with Crippen LogP contribution in [0.5, 0.6) is 0 Å². The first-order valence-corrected chi connectivity index (χ1v) is 7.02. The molecule has 4 N–H and O–H groups in total. The van der Waals surface area contributed by atoms with Crippen LogP contribution >= 0.6 is 11.6 Å². The molecule has 0 aliphatic carbocycles. The summed E-state index contributed by atoms with van der Waals surface area (Å²) in [6, 6.07) is 10.3. The summed E-state index contributed by atoms with van der Waals surface area (Å²) in [4.78, 5) is 23.3. The lowest BCUT2D eigenvalue weighted by molar-refractivity contribution is -0.0425. The fourth-order valence-corrected chi connectivity index (χ4v) is 2.15. The number of aliphatic hydroxyl groups excluding tert-OH is 1. The Kier molecular flexibility index (Phi) is 5.33. The highest BCUT2D eigenvalue weighted by molar-refractivity contribution is 6.31. The van der Waals surface area contributed by atoms with Gasteiger partial charge in [0.15, 0.2) is 6.29 Å². The molecule has 0 saturated heterocycles. The lowest BCUT2D eigenvalue weighted by atomic mass is 10.1. The SMILES string of the molecule is O=C(O)c1ccc(Cl)cc1C(=O)NCc1ccc(C(O)O)cc1. The zero-order chi connectivity index (χ0) is 17.0. The fourth-order valence-electron chi connectivity index (χ4n) is 1.98. The second kappa shape index (κ2) is 7.23. The number of halogens is 1. The summed E-state index contributed by atoms with van der Waals surface area (Å²) in [7, 11) is 0. The second-order valence-corrected chi connectivity index (χ2v) is 5.23. The van der Waals surface area contributed by atoms with Crippen LogP contribution in [0.3, 0.4) is 0 Å². The van der Waals surface area contributed by atoms with Crippen molar-refractivity contribution in [2.45, 2.75) is 12.8 Å². The Morgan fingerprint density at radius 2 is 1.70 bits per heavy atom. The topological polar surface area (TPSA) is 107 Å². The van der Waals surface area contributed by atoms with Gasteiger partial charge in [-0.2, -0.15) is 0 Å². The van der Waals surface area contributed by atoms with E-state index in [0.29, 0.717) is 5.56 Å². The number of carboxylic acids is 1. The number of aliphatic hydroxyl groups is 2. The molecule has 2 aromatic carbocycles. The minimum Gasteiger partial charge on any atom is -0.478 e. The standard InChI is InChI=1S/C16H14ClNO5/c17-11-5-6-12(16(22)23)13(7-11)14(19)18-8-9-1-3-10(4-2-9)15(20)21/h1-7,15,20-21H,8H2,(H,18,19)(H,22,23). The first-order chi connectivity index (χ1) is 10.9. The number of benzene rings is 2. The Balaban J connectivity index is 2.10. The van der Waals surface area contributed by atoms with Crippen LogP contribution in [-0.4, -0.2) is 27.2 Å². The van der Waals surface area contributed by atoms with Crippen LogP contribution in [0, 0.1) is 0 Å². The summed E-state index contributed by atoms with van der Waals surface area (Å²) in [5.41, 5.74) is 0.905. The molecule has 0 atom stereocenters. The van der Waals surface area contributed by atoms with Crippen molar-refractivity contribution >= 4 is 23.5 Å². The van der Waals surface area contributed by atoms with E-state index in [4.69, 9.17) is 26.9 Å². The Morgan fingerprint density at radius 3 is 2.26 bits per heavy atom. The van der Waals surface area contributed by atoms with E-state index < -0.39 is 18.2 Å². The van der Waals surface area contributed by atoms with Crippen LogP contribution in [0.2, 0.25) is 5.02 Å². The molecule has 0 bridgehead atoms. The molecule has 120 valence electrons. The summed E-state index contributed by atoms with van der Waals surface area (Å²) < 4.78 is 0. The van der Waals surface area contributed by atoms with Gasteiger partial charge in [0.25, 0.3) is 5.91 Å². The molecule has 7 heteroatoms. The molecule has 0 radical (unpaired) electrons. The van der Waals surface area contributed by atoms with Crippen LogP contribution in [0.15, 0.2) is 42.5 Å². The van der Waals surface area contributed by atoms with E-state index in [1.54, 1.807) is 12.1 Å². The van der Waals surface area contributed by atoms with Crippen molar-refractivity contribution in [3.63, 3.8) is 0 Å². The highest BCUT2D eigenvalue weighted by Gasteiger charge is 2.16. The Labute approximate surface area is 137 Å². The molecular weight excluding hydrogens is 322 g/mol. The van der Waals surface area contributed by atoms with E-state index in [1.807, 2.05) is 0 Å². The minimum absolute atomic E-state index is 0.0209. The maximum absolute atomic E-state index is 12.2. The van der Waals surface area contributed by atoms with E-state index in [0.717, 1.165) is 5.56 Å². The van der Waals surface area contributed by atoms with Crippen molar-refractivity contribution in [3.8, 4) is 0 Å². The summed E-state index contributed by atoms with van der Waals surface area (Å²) in [6.07, 6.45) is -1.55. The number of carbonyl (C=O) groups is 2. The van der Waals surface area contributed by atoms with Crippen LogP contribution in [0.25, 0.3) is 0 Å². The monoisotopic (exact) mass is 335 g/mol. The van der Waals surface area contributed by atoms with Crippen LogP contribution in [-0.2, 0) is 6.54 Å². The maximum atomic E-state index is 12.2. The average molecular weight is 336 g/mol. The van der Waals surface area contributed by atoms with Crippen LogP contribution in [0.4, 0.5) is 0 Å². The fraction of sp³-hybridized carbons (Fsp3) is 0.125. The van der Waals surface area contributed by atoms with Gasteiger partial charge in [-0.1, -0.05) is 35.9 Å². The van der Waals surface area contributed by atoms with Gasteiger partial charge >= 0.3 is 5.97 Å². The number of nitrogens with one attached hydrogen (secondary N) is 1. The molecule has 0 saturated carbocycles. The molecule has 0 fully saturated rings. The van der Waals surface area contributed by atoms with Crippen LogP contribution < -0.4 is 5.32 Å². The molecule has 23 heavy (non-hydrogen) atoms. The van der Waals surface area contributed by atoms with Crippen molar-refractivity contribution in [1.29, 1.82) is 0 Å². The number of hydrogen-bond acceptors (Lipinski definition) is 4. The number of carbonyl (C=O) groups excluding carboxylic acids is 1. The van der Waals surface area contributed by atoms with Crippen LogP contribution in [0.1, 0.15) is 38.1 Å². The predicted octanol–water partition coefficient (Wildman–Crippen LogP) is 1.95. The van der Waals surface area contributed by atoms with E-state index >= 15 is 0 Å². The molecule has 0 spiro atoms. The highest BCUT2D eigenvalue weighted by Crippen LogP contribution is 2.17. The molecule has 6 nitrogen and oxygen atoms in total. The predicted molar refractivity (Wildman–Crippen MR) is 83.2 cm³/mol. The van der Waals surface area contributed by atoms with E-state index in [9.17, 15) is 9.59 Å². The third kappa shape index (κ3) is 4.29. The summed E-state index contributed by atoms with van der Waals surface area (Å²) >= 11 is 5.81. The van der Waals surface area contributed by atoms with Gasteiger partial charge in [0.1, 0.15) is 0 Å². The summed E-state index contributed by atoms with van der Waals surface area (Å²) in [5, 5.41) is 30.0. The number of rotatable bonds is 5. The first kappa shape index (κ1) is 17.0. The van der Waals surface area contributed by atoms with Gasteiger partial charge in [-0.25, -0.2) is 4.79 Å². The van der Waals surface area contributed by atoms with Gasteiger partial charge in [0.2, 0.25) is 0 Å². The van der Waals surface area contributed by atoms with Gasteiger partial charge < -0.3 is 20.6 Å². The van der Waals surface area contributed by atoms with E-state index in [2.05, 4.69) is 5.32 Å². The first-order valence-electron chi connectivity index (χ1n) is 6.64. The number of hydrogen-bond donors (Lipinski definition) is 4. The summed E-state index contributed by atoms with van der Waals surface area (Å²) in [6.45, 7) is 0.159. The Hall–Kier alpha value is -2.41. The normalized spacial score (nSPS) is 10.6. The third-order valence-electron chi connectivity index (χ3n) is 3.19. The smallest absolute Gasteiger partial charge is 0.336 e. The van der Waals surface area contributed by atoms with Crippen molar-refractivity contribution in [2.75, 3.05) is 0 Å². The largest absolute Gasteiger partial charge is 0.478 e. The lowest BCUT2D eigenvalue weighted by Crippen LogP contribution is -2.25. The maximum Gasteiger partial charge on any atom is 0.336 e. The molecular formula is C16H14ClNO5. The highest BCUT2D eigenvalue weighted by atomic mass is 35.5. The van der Waals surface area contributed by atoms with Gasteiger partial charge in [-0.05, 0) is 23.8 Å². The molecule has 0 aromatic heterocycles. The Bertz CT molecular complexity index is 728. The molecule has 0 aliphatic heterocycles. The molecule has 1 amide bonds. The second-order valence-electron chi connectivity index (χ2n) is 4.79. The average Bonchev–Trinajstić information content (AvgIpc) is 2.52. The molecule has 0 unspecified atom stereocenters. The van der Waals surface area contributed by atoms with Gasteiger partial charge in [-0.3, -0.25) is 4.79 Å². The number of aromatic carboxylic acids is 1. The van der Waals surface area contributed by atoms with Crippen molar-refractivity contribution < 1.29 is 24.9 Å². The third-order valence-corrected chi connectivity index (χ3v) is 3.42. The van der Waals surface area contributed by atoms with Gasteiger partial charge in [0, 0.05) is 17.1 Å². The number of amides is 1. The molecule has 0 heterocycles. The molecule has 2 aromatic rings. The molecule has 2 rings (SSSR count).